The Hall–Kier alpha value is -3.85. The number of hydrogen-bond acceptors (Lipinski definition) is 6. The van der Waals surface area contributed by atoms with E-state index in [9.17, 15) is 14.4 Å². The first-order valence-electron chi connectivity index (χ1n) is 11.1. The van der Waals surface area contributed by atoms with Gasteiger partial charge in [0.25, 0.3) is 11.5 Å². The molecule has 2 amide bonds. The van der Waals surface area contributed by atoms with Gasteiger partial charge < -0.3 is 5.32 Å². The van der Waals surface area contributed by atoms with E-state index < -0.39 is 5.91 Å². The number of fused-ring (bicyclic) bond motifs is 1. The molecule has 2 aromatic heterocycles. The quantitative estimate of drug-likeness (QED) is 0.377. The minimum absolute atomic E-state index is 0.0160. The summed E-state index contributed by atoms with van der Waals surface area (Å²) < 4.78 is 1.29. The molecule has 174 valence electrons. The Bertz CT molecular complexity index is 1390. The maximum absolute atomic E-state index is 13.0. The number of nitrogens with one attached hydrogen (secondary N) is 2. The first kappa shape index (κ1) is 23.3. The van der Waals surface area contributed by atoms with Gasteiger partial charge in [0.1, 0.15) is 0 Å². The van der Waals surface area contributed by atoms with Gasteiger partial charge in [-0.1, -0.05) is 42.5 Å². The number of benzene rings is 2. The van der Waals surface area contributed by atoms with Crippen LogP contribution in [0.15, 0.2) is 58.7 Å². The molecule has 0 spiro atoms. The third-order valence-electron chi connectivity index (χ3n) is 5.37. The molecule has 0 aliphatic heterocycles. The molecule has 0 radical (unpaired) electrons. The minimum Gasteiger partial charge on any atom is -0.356 e. The summed E-state index contributed by atoms with van der Waals surface area (Å²) in [6.45, 7) is 4.36. The third kappa shape index (κ3) is 5.20. The van der Waals surface area contributed by atoms with Crippen molar-refractivity contribution in [2.45, 2.75) is 33.2 Å². The molecule has 2 heterocycles. The Balaban J connectivity index is 1.47. The van der Waals surface area contributed by atoms with Crippen LogP contribution in [0.25, 0.3) is 22.0 Å². The summed E-state index contributed by atoms with van der Waals surface area (Å²) in [4.78, 5) is 41.0. The molecule has 0 atom stereocenters. The van der Waals surface area contributed by atoms with Crippen molar-refractivity contribution in [3.8, 4) is 11.3 Å². The van der Waals surface area contributed by atoms with Gasteiger partial charge >= 0.3 is 0 Å². The average Bonchev–Trinajstić information content (AvgIpc) is 3.31. The molecule has 0 fully saturated rings. The van der Waals surface area contributed by atoms with Crippen LogP contribution in [-0.4, -0.2) is 33.1 Å². The number of rotatable bonds is 8. The summed E-state index contributed by atoms with van der Waals surface area (Å²) in [6.07, 6.45) is 1.75. The van der Waals surface area contributed by atoms with Crippen LogP contribution in [0, 0.1) is 0 Å². The first-order valence-corrected chi connectivity index (χ1v) is 11.9. The van der Waals surface area contributed by atoms with Crippen molar-refractivity contribution in [1.82, 2.24) is 20.1 Å². The predicted molar refractivity (Wildman–Crippen MR) is 134 cm³/mol. The molecule has 0 saturated carbocycles. The van der Waals surface area contributed by atoms with Crippen LogP contribution < -0.4 is 16.2 Å². The Morgan fingerprint density at radius 2 is 1.79 bits per heavy atom. The maximum Gasteiger partial charge on any atom is 0.278 e. The lowest BCUT2D eigenvalue weighted by atomic mass is 10.1. The fraction of sp³-hybridized carbons (Fsp3) is 0.240. The van der Waals surface area contributed by atoms with Crippen LogP contribution in [0.1, 0.15) is 36.3 Å². The molecule has 8 nitrogen and oxygen atoms in total. The van der Waals surface area contributed by atoms with Gasteiger partial charge in [0.15, 0.2) is 10.8 Å². The van der Waals surface area contributed by atoms with Crippen molar-refractivity contribution in [1.29, 1.82) is 0 Å². The number of thiazole rings is 1. The molecule has 2 aromatic carbocycles. The number of amides is 2. The molecular weight excluding hydrogens is 450 g/mol. The van der Waals surface area contributed by atoms with Crippen LogP contribution in [0.2, 0.25) is 0 Å². The van der Waals surface area contributed by atoms with E-state index in [1.54, 1.807) is 24.3 Å². The summed E-state index contributed by atoms with van der Waals surface area (Å²) >= 11 is 1.33. The Morgan fingerprint density at radius 1 is 1.06 bits per heavy atom. The Kier molecular flexibility index (Phi) is 7.12. The molecule has 4 rings (SSSR count). The zero-order chi connectivity index (χ0) is 24.1. The second-order valence-corrected chi connectivity index (χ2v) is 8.65. The highest BCUT2D eigenvalue weighted by atomic mass is 32.1. The van der Waals surface area contributed by atoms with Gasteiger partial charge in [0, 0.05) is 36.3 Å². The Morgan fingerprint density at radius 3 is 2.50 bits per heavy atom. The lowest BCUT2D eigenvalue weighted by molar-refractivity contribution is -0.118. The fourth-order valence-electron chi connectivity index (χ4n) is 3.64. The summed E-state index contributed by atoms with van der Waals surface area (Å²) in [7, 11) is 0. The first-order chi connectivity index (χ1) is 16.5. The van der Waals surface area contributed by atoms with E-state index in [4.69, 9.17) is 0 Å². The van der Waals surface area contributed by atoms with Gasteiger partial charge in [0.2, 0.25) is 5.91 Å². The van der Waals surface area contributed by atoms with Crippen molar-refractivity contribution < 1.29 is 9.59 Å². The standard InChI is InChI=1S/C25H25N5O3S/c1-3-30-24(33)20-9-5-4-8-19(20)22(29-30)23(32)28-25-27-21(15-34-25)18-12-10-17(11-13-18)7-6-14-26-16(2)31/h4-5,8-13,15H,3,6-7,14H2,1-2H3,(H,26,31)(H,27,28,32). The van der Waals surface area contributed by atoms with E-state index in [-0.39, 0.29) is 17.2 Å². The molecule has 0 unspecified atom stereocenters. The van der Waals surface area contributed by atoms with Gasteiger partial charge in [-0.2, -0.15) is 5.10 Å². The number of aromatic nitrogens is 3. The molecule has 0 bridgehead atoms. The number of nitrogens with zero attached hydrogens (tertiary/aromatic N) is 3. The zero-order valence-electron chi connectivity index (χ0n) is 19.0. The summed E-state index contributed by atoms with van der Waals surface area (Å²) in [6, 6.07) is 15.1. The van der Waals surface area contributed by atoms with Gasteiger partial charge in [-0.3, -0.25) is 19.7 Å². The van der Waals surface area contributed by atoms with E-state index in [2.05, 4.69) is 20.7 Å². The van der Waals surface area contributed by atoms with E-state index in [0.29, 0.717) is 29.0 Å². The molecule has 34 heavy (non-hydrogen) atoms. The smallest absolute Gasteiger partial charge is 0.278 e. The average molecular weight is 476 g/mol. The van der Waals surface area contributed by atoms with Crippen LogP contribution in [0.3, 0.4) is 0 Å². The van der Waals surface area contributed by atoms with E-state index >= 15 is 0 Å². The van der Waals surface area contributed by atoms with Crippen molar-refractivity contribution in [3.05, 3.63) is 75.5 Å². The molecule has 9 heteroatoms. The molecule has 2 N–H and O–H groups in total. The van der Waals surface area contributed by atoms with E-state index in [0.717, 1.165) is 24.1 Å². The van der Waals surface area contributed by atoms with Crippen molar-refractivity contribution in [2.24, 2.45) is 0 Å². The number of aryl methyl sites for hydroxylation is 2. The second kappa shape index (κ2) is 10.4. The highest BCUT2D eigenvalue weighted by molar-refractivity contribution is 7.14. The molecule has 4 aromatic rings. The SMILES string of the molecule is CCn1nc(C(=O)Nc2nc(-c3ccc(CCCNC(C)=O)cc3)cs2)c2ccccc2c1=O. The van der Waals surface area contributed by atoms with E-state index in [1.807, 2.05) is 36.6 Å². The van der Waals surface area contributed by atoms with E-state index in [1.165, 1.54) is 28.5 Å². The van der Waals surface area contributed by atoms with Crippen molar-refractivity contribution in [3.63, 3.8) is 0 Å². The lowest BCUT2D eigenvalue weighted by Gasteiger charge is -2.09. The lowest BCUT2D eigenvalue weighted by Crippen LogP contribution is -2.27. The largest absolute Gasteiger partial charge is 0.356 e. The predicted octanol–water partition coefficient (Wildman–Crippen LogP) is 3.86. The molecule has 0 aliphatic carbocycles. The van der Waals surface area contributed by atoms with Crippen LogP contribution in [0.4, 0.5) is 5.13 Å². The van der Waals surface area contributed by atoms with Crippen LogP contribution in [-0.2, 0) is 17.8 Å². The van der Waals surface area contributed by atoms with Gasteiger partial charge in [-0.25, -0.2) is 9.67 Å². The normalized spacial score (nSPS) is 10.9. The fourth-order valence-corrected chi connectivity index (χ4v) is 4.35. The third-order valence-corrected chi connectivity index (χ3v) is 6.13. The monoisotopic (exact) mass is 475 g/mol. The summed E-state index contributed by atoms with van der Waals surface area (Å²) in [5.41, 5.74) is 2.87. The number of carbonyl (C=O) groups is 2. The van der Waals surface area contributed by atoms with Gasteiger partial charge in [0.05, 0.1) is 11.1 Å². The summed E-state index contributed by atoms with van der Waals surface area (Å²) in [5, 5.41) is 13.2. The highest BCUT2D eigenvalue weighted by Gasteiger charge is 2.17. The van der Waals surface area contributed by atoms with Crippen LogP contribution in [0.5, 0.6) is 0 Å². The maximum atomic E-state index is 13.0. The zero-order valence-corrected chi connectivity index (χ0v) is 19.8. The molecule has 0 aliphatic rings. The summed E-state index contributed by atoms with van der Waals surface area (Å²) in [5.74, 6) is -0.425. The number of carbonyl (C=O) groups excluding carboxylic acids is 2. The van der Waals surface area contributed by atoms with Gasteiger partial charge in [-0.15, -0.1) is 11.3 Å². The Labute approximate surface area is 200 Å². The highest BCUT2D eigenvalue weighted by Crippen LogP contribution is 2.26. The number of anilines is 1. The molecule has 0 saturated heterocycles. The topological polar surface area (TPSA) is 106 Å². The van der Waals surface area contributed by atoms with Crippen LogP contribution >= 0.6 is 11.3 Å². The molecular formula is C25H25N5O3S. The number of hydrogen-bond donors (Lipinski definition) is 2. The van der Waals surface area contributed by atoms with Crippen molar-refractivity contribution in [2.75, 3.05) is 11.9 Å². The van der Waals surface area contributed by atoms with Crippen molar-refractivity contribution >= 4 is 39.1 Å². The second-order valence-electron chi connectivity index (χ2n) is 7.79. The minimum atomic E-state index is -0.409. The van der Waals surface area contributed by atoms with Gasteiger partial charge in [-0.05, 0) is 31.4 Å².